The second-order valence-electron chi connectivity index (χ2n) is 11.3. The van der Waals surface area contributed by atoms with Crippen LogP contribution in [0, 0.1) is 0 Å². The number of rotatable bonds is 9. The number of aromatic nitrogens is 5. The number of hydrogen-bond donors (Lipinski definition) is 3. The molecule has 220 valence electrons. The Labute approximate surface area is 252 Å². The molecule has 0 amide bonds. The van der Waals surface area contributed by atoms with Crippen LogP contribution in [0.25, 0.3) is 27.7 Å². The van der Waals surface area contributed by atoms with Gasteiger partial charge in [-0.1, -0.05) is 56.8 Å². The lowest BCUT2D eigenvalue weighted by Gasteiger charge is -2.30. The molecule has 0 unspecified atom stereocenters. The fraction of sp³-hybridized carbons (Fsp3) is 0.294. The molecule has 3 aromatic heterocycles. The summed E-state index contributed by atoms with van der Waals surface area (Å²) in [7, 11) is 0. The summed E-state index contributed by atoms with van der Waals surface area (Å²) in [6, 6.07) is 17.0. The molecule has 4 heterocycles. The van der Waals surface area contributed by atoms with E-state index < -0.39 is 0 Å². The van der Waals surface area contributed by atoms with Crippen LogP contribution in [0.3, 0.4) is 0 Å². The smallest absolute Gasteiger partial charge is 0.230 e. The van der Waals surface area contributed by atoms with Crippen LogP contribution in [0.5, 0.6) is 0 Å². The van der Waals surface area contributed by atoms with Gasteiger partial charge in [-0.05, 0) is 60.9 Å². The van der Waals surface area contributed by atoms with Crippen molar-refractivity contribution in [2.75, 3.05) is 28.6 Å². The molecule has 43 heavy (non-hydrogen) atoms. The average Bonchev–Trinajstić information content (AvgIpc) is 3.47. The number of fused-ring (bicyclic) bond motifs is 2. The Morgan fingerprint density at radius 3 is 2.70 bits per heavy atom. The molecule has 0 aliphatic carbocycles. The highest BCUT2D eigenvalue weighted by atomic mass is 15.4. The van der Waals surface area contributed by atoms with Crippen molar-refractivity contribution in [2.24, 2.45) is 5.73 Å². The van der Waals surface area contributed by atoms with Crippen molar-refractivity contribution in [3.8, 4) is 11.3 Å². The van der Waals surface area contributed by atoms with Crippen molar-refractivity contribution in [3.05, 3.63) is 96.5 Å². The highest BCUT2D eigenvalue weighted by molar-refractivity contribution is 5.97. The minimum Gasteiger partial charge on any atom is -0.356 e. The number of nitrogens with one attached hydrogen (secondary N) is 2. The number of nitrogens with two attached hydrogens (primary N) is 1. The van der Waals surface area contributed by atoms with E-state index in [0.29, 0.717) is 12.5 Å². The van der Waals surface area contributed by atoms with Gasteiger partial charge in [0, 0.05) is 59.8 Å². The van der Waals surface area contributed by atoms with Crippen molar-refractivity contribution in [3.63, 3.8) is 0 Å². The lowest BCUT2D eigenvalue weighted by atomic mass is 9.99. The summed E-state index contributed by atoms with van der Waals surface area (Å²) < 4.78 is 1.82. The van der Waals surface area contributed by atoms with Crippen molar-refractivity contribution in [1.29, 1.82) is 0 Å². The van der Waals surface area contributed by atoms with Gasteiger partial charge in [-0.25, -0.2) is 0 Å². The lowest BCUT2D eigenvalue weighted by Crippen LogP contribution is -2.40. The average molecular weight is 574 g/mol. The van der Waals surface area contributed by atoms with Crippen LogP contribution in [-0.4, -0.2) is 43.7 Å². The maximum atomic E-state index is 6.18. The molecule has 1 saturated heterocycles. The van der Waals surface area contributed by atoms with E-state index in [4.69, 9.17) is 20.7 Å². The minimum atomic E-state index is 0.235. The molecule has 6 rings (SSSR count). The summed E-state index contributed by atoms with van der Waals surface area (Å²) in [5.41, 5.74) is 13.2. The lowest BCUT2D eigenvalue weighted by molar-refractivity contribution is 0.495. The van der Waals surface area contributed by atoms with Crippen molar-refractivity contribution in [1.82, 2.24) is 24.6 Å². The SMILES string of the molecule is C=C/C(=C\C)Nc1ccc2c(-c3ccccc3CNc3nc(N4CCC(N)CC4)nc4c(C(C)C)cnn34)nccc2c1. The van der Waals surface area contributed by atoms with Crippen LogP contribution in [0.4, 0.5) is 17.6 Å². The van der Waals surface area contributed by atoms with Crippen molar-refractivity contribution >= 4 is 34.0 Å². The monoisotopic (exact) mass is 573 g/mol. The molecule has 9 heteroatoms. The molecule has 2 aromatic carbocycles. The molecule has 0 saturated carbocycles. The van der Waals surface area contributed by atoms with Crippen LogP contribution >= 0.6 is 0 Å². The summed E-state index contributed by atoms with van der Waals surface area (Å²) in [6.07, 6.45) is 9.46. The van der Waals surface area contributed by atoms with Gasteiger partial charge in [0.1, 0.15) is 0 Å². The number of benzene rings is 2. The van der Waals surface area contributed by atoms with Crippen LogP contribution in [0.15, 0.2) is 85.4 Å². The topological polar surface area (TPSA) is 109 Å². The number of nitrogens with zero attached hydrogens (tertiary/aromatic N) is 6. The highest BCUT2D eigenvalue weighted by Gasteiger charge is 2.22. The van der Waals surface area contributed by atoms with Crippen LogP contribution in [0.1, 0.15) is 50.7 Å². The first-order valence-corrected chi connectivity index (χ1v) is 15.0. The van der Waals surface area contributed by atoms with Crippen LogP contribution in [0.2, 0.25) is 0 Å². The second-order valence-corrected chi connectivity index (χ2v) is 11.3. The standard InChI is InChI=1S/C34H39N9/c1-5-26(6-2)39-27-11-12-29-23(19-27)13-16-36-31(29)28-10-8-7-9-24(28)20-37-33-41-34(42-17-14-25(35)15-18-42)40-32-30(22(3)4)21-38-43(32)33/h5-13,16,19,21-22,25,39H,1,14-15,17-18,20,35H2,2-4H3,(H,37,40,41)/b26-6+. The third-order valence-electron chi connectivity index (χ3n) is 8.12. The number of piperidine rings is 1. The van der Waals surface area contributed by atoms with Gasteiger partial charge in [-0.2, -0.15) is 19.6 Å². The molecular weight excluding hydrogens is 534 g/mol. The molecule has 5 aromatic rings. The fourth-order valence-electron chi connectivity index (χ4n) is 5.60. The quantitative estimate of drug-likeness (QED) is 0.171. The van der Waals surface area contributed by atoms with Crippen LogP contribution < -0.4 is 21.3 Å². The molecular formula is C34H39N9. The van der Waals surface area contributed by atoms with Gasteiger partial charge < -0.3 is 21.3 Å². The maximum Gasteiger partial charge on any atom is 0.230 e. The first-order valence-electron chi connectivity index (χ1n) is 15.0. The molecule has 0 atom stereocenters. The first kappa shape index (κ1) is 28.4. The Bertz CT molecular complexity index is 1800. The van der Waals surface area contributed by atoms with Gasteiger partial charge in [0.15, 0.2) is 5.65 Å². The summed E-state index contributed by atoms with van der Waals surface area (Å²) in [6.45, 7) is 12.4. The minimum absolute atomic E-state index is 0.235. The summed E-state index contributed by atoms with van der Waals surface area (Å²) in [4.78, 5) is 17.0. The fourth-order valence-corrected chi connectivity index (χ4v) is 5.60. The van der Waals surface area contributed by atoms with E-state index >= 15 is 0 Å². The number of hydrogen-bond acceptors (Lipinski definition) is 8. The van der Waals surface area contributed by atoms with Gasteiger partial charge >= 0.3 is 0 Å². The Hall–Kier alpha value is -4.76. The second kappa shape index (κ2) is 12.2. The zero-order valence-corrected chi connectivity index (χ0v) is 25.1. The molecule has 0 spiro atoms. The van der Waals surface area contributed by atoms with E-state index in [9.17, 15) is 0 Å². The highest BCUT2D eigenvalue weighted by Crippen LogP contribution is 2.32. The Balaban J connectivity index is 1.34. The maximum absolute atomic E-state index is 6.18. The largest absolute Gasteiger partial charge is 0.356 e. The van der Waals surface area contributed by atoms with Gasteiger partial charge in [0.05, 0.1) is 11.9 Å². The predicted octanol–water partition coefficient (Wildman–Crippen LogP) is 6.50. The third-order valence-corrected chi connectivity index (χ3v) is 8.12. The Morgan fingerprint density at radius 1 is 1.12 bits per heavy atom. The zero-order chi connectivity index (χ0) is 29.9. The summed E-state index contributed by atoms with van der Waals surface area (Å²) in [5, 5.41) is 13.9. The predicted molar refractivity (Wildman–Crippen MR) is 176 cm³/mol. The summed E-state index contributed by atoms with van der Waals surface area (Å²) >= 11 is 0. The summed E-state index contributed by atoms with van der Waals surface area (Å²) in [5.74, 6) is 1.67. The Kier molecular flexibility index (Phi) is 8.07. The number of allylic oxidation sites excluding steroid dienone is 2. The number of pyridine rings is 1. The van der Waals surface area contributed by atoms with Crippen molar-refractivity contribution in [2.45, 2.75) is 52.1 Å². The van der Waals surface area contributed by atoms with E-state index in [1.54, 1.807) is 0 Å². The zero-order valence-electron chi connectivity index (χ0n) is 25.1. The first-order chi connectivity index (χ1) is 20.9. The van der Waals surface area contributed by atoms with Gasteiger partial charge in [0.2, 0.25) is 11.9 Å². The van der Waals surface area contributed by atoms with E-state index in [2.05, 4.69) is 83.5 Å². The normalized spacial score (nSPS) is 14.5. The molecule has 0 radical (unpaired) electrons. The van der Waals surface area contributed by atoms with E-state index in [1.165, 1.54) is 0 Å². The van der Waals surface area contributed by atoms with Crippen molar-refractivity contribution < 1.29 is 0 Å². The molecule has 4 N–H and O–H groups in total. The molecule has 0 bridgehead atoms. The van der Waals surface area contributed by atoms with Gasteiger partial charge in [-0.15, -0.1) is 0 Å². The molecule has 9 nitrogen and oxygen atoms in total. The van der Waals surface area contributed by atoms with Crippen LogP contribution in [-0.2, 0) is 6.54 Å². The molecule has 1 fully saturated rings. The van der Waals surface area contributed by atoms with E-state index in [1.807, 2.05) is 42.1 Å². The Morgan fingerprint density at radius 2 is 1.93 bits per heavy atom. The van der Waals surface area contributed by atoms with Gasteiger partial charge in [0.25, 0.3) is 0 Å². The van der Waals surface area contributed by atoms with E-state index in [-0.39, 0.29) is 12.0 Å². The molecule has 1 aliphatic rings. The van der Waals surface area contributed by atoms with E-state index in [0.717, 1.165) is 82.1 Å². The third kappa shape index (κ3) is 5.81. The number of anilines is 3. The van der Waals surface area contributed by atoms with Gasteiger partial charge in [-0.3, -0.25) is 4.98 Å². The molecule has 1 aliphatic heterocycles.